The Balaban J connectivity index is 1.51. The Morgan fingerprint density at radius 3 is 2.55 bits per heavy atom. The maximum absolute atomic E-state index is 12.8. The van der Waals surface area contributed by atoms with Crippen LogP contribution >= 0.6 is 11.6 Å². The summed E-state index contributed by atoms with van der Waals surface area (Å²) < 4.78 is 0. The van der Waals surface area contributed by atoms with E-state index in [9.17, 15) is 4.79 Å². The van der Waals surface area contributed by atoms with Crippen LogP contribution in [0.3, 0.4) is 0 Å². The third-order valence-corrected chi connectivity index (χ3v) is 5.56. The van der Waals surface area contributed by atoms with Gasteiger partial charge in [0.25, 0.3) is 5.91 Å². The van der Waals surface area contributed by atoms with Crippen molar-refractivity contribution in [3.05, 3.63) is 46.2 Å². The topological polar surface area (TPSA) is 70.1 Å². The van der Waals surface area contributed by atoms with E-state index >= 15 is 0 Å². The lowest BCUT2D eigenvalue weighted by Crippen LogP contribution is -2.39. The van der Waals surface area contributed by atoms with Gasteiger partial charge in [-0.2, -0.15) is 0 Å². The Morgan fingerprint density at radius 2 is 1.90 bits per heavy atom. The van der Waals surface area contributed by atoms with E-state index in [0.717, 1.165) is 43.7 Å². The molecule has 0 radical (unpaired) electrons. The van der Waals surface area contributed by atoms with Crippen LogP contribution in [0.1, 0.15) is 47.3 Å². The number of aromatic nitrogens is 2. The number of carbonyl (C=O) groups is 1. The summed E-state index contributed by atoms with van der Waals surface area (Å²) in [4.78, 5) is 23.5. The first-order valence-corrected chi connectivity index (χ1v) is 10.5. The third kappa shape index (κ3) is 5.82. The maximum Gasteiger partial charge on any atom is 0.255 e. The molecule has 2 aromatic rings. The Hall–Kier alpha value is -2.34. The standard InChI is InChI=1S/C22H30ClN5O/c1-14-9-15(2)26-20(10-14)24-12-16-5-7-18(8-6-16)27-22(29)19-11-17(23)13-25-21(19)28(3)4/h9-11,13,16,18H,5-8,12H2,1-4H3,(H,24,26)(H,27,29). The maximum atomic E-state index is 12.8. The van der Waals surface area contributed by atoms with Crippen molar-refractivity contribution in [1.82, 2.24) is 15.3 Å². The normalized spacial score (nSPS) is 18.9. The number of hydrogen-bond acceptors (Lipinski definition) is 5. The molecule has 0 unspecified atom stereocenters. The largest absolute Gasteiger partial charge is 0.370 e. The van der Waals surface area contributed by atoms with Gasteiger partial charge in [-0.05, 0) is 69.2 Å². The van der Waals surface area contributed by atoms with Crippen LogP contribution in [0.5, 0.6) is 0 Å². The molecule has 0 saturated heterocycles. The number of rotatable bonds is 6. The number of amides is 1. The van der Waals surface area contributed by atoms with Crippen LogP contribution in [0.15, 0.2) is 24.4 Å². The summed E-state index contributed by atoms with van der Waals surface area (Å²) in [7, 11) is 3.74. The lowest BCUT2D eigenvalue weighted by Gasteiger charge is -2.29. The highest BCUT2D eigenvalue weighted by Crippen LogP contribution is 2.26. The van der Waals surface area contributed by atoms with Crippen molar-refractivity contribution >= 4 is 29.1 Å². The molecule has 6 nitrogen and oxygen atoms in total. The zero-order chi connectivity index (χ0) is 21.0. The number of aryl methyl sites for hydroxylation is 2. The highest BCUT2D eigenvalue weighted by atomic mass is 35.5. The first-order valence-electron chi connectivity index (χ1n) is 10.1. The van der Waals surface area contributed by atoms with Gasteiger partial charge in [0.1, 0.15) is 11.6 Å². The molecule has 0 aliphatic heterocycles. The molecule has 156 valence electrons. The van der Waals surface area contributed by atoms with Crippen LogP contribution in [0, 0.1) is 19.8 Å². The van der Waals surface area contributed by atoms with Gasteiger partial charge in [0.2, 0.25) is 0 Å². The summed E-state index contributed by atoms with van der Waals surface area (Å²) in [5, 5.41) is 7.11. The second kappa shape index (κ2) is 9.44. The van der Waals surface area contributed by atoms with Crippen LogP contribution in [0.25, 0.3) is 0 Å². The minimum Gasteiger partial charge on any atom is -0.370 e. The van der Waals surface area contributed by atoms with Crippen molar-refractivity contribution in [2.24, 2.45) is 5.92 Å². The molecule has 1 aliphatic carbocycles. The number of pyridine rings is 2. The molecule has 1 fully saturated rings. The van der Waals surface area contributed by atoms with Gasteiger partial charge in [0.05, 0.1) is 10.6 Å². The highest BCUT2D eigenvalue weighted by Gasteiger charge is 2.24. The van der Waals surface area contributed by atoms with Crippen molar-refractivity contribution in [2.75, 3.05) is 30.9 Å². The molecular weight excluding hydrogens is 386 g/mol. The van der Waals surface area contributed by atoms with E-state index < -0.39 is 0 Å². The fourth-order valence-corrected chi connectivity index (χ4v) is 4.07. The summed E-state index contributed by atoms with van der Waals surface area (Å²) >= 11 is 6.06. The number of nitrogens with one attached hydrogen (secondary N) is 2. The van der Waals surface area contributed by atoms with Crippen molar-refractivity contribution in [2.45, 2.75) is 45.6 Å². The van der Waals surface area contributed by atoms with Crippen LogP contribution < -0.4 is 15.5 Å². The average molecular weight is 416 g/mol. The van der Waals surface area contributed by atoms with E-state index in [4.69, 9.17) is 11.6 Å². The van der Waals surface area contributed by atoms with E-state index in [1.165, 1.54) is 5.56 Å². The quantitative estimate of drug-likeness (QED) is 0.739. The molecule has 1 aliphatic rings. The Labute approximate surface area is 178 Å². The third-order valence-electron chi connectivity index (χ3n) is 5.35. The number of carbonyl (C=O) groups excluding carboxylic acids is 1. The number of halogens is 1. The molecule has 0 spiro atoms. The molecular formula is C22H30ClN5O. The number of anilines is 2. The van der Waals surface area contributed by atoms with E-state index in [2.05, 4.69) is 39.7 Å². The first kappa shape index (κ1) is 21.4. The second-order valence-electron chi connectivity index (χ2n) is 8.16. The fourth-order valence-electron chi connectivity index (χ4n) is 3.91. The summed E-state index contributed by atoms with van der Waals surface area (Å²) in [6.07, 6.45) is 5.68. The van der Waals surface area contributed by atoms with Gasteiger partial charge in [-0.15, -0.1) is 0 Å². The minimum absolute atomic E-state index is 0.107. The predicted octanol–water partition coefficient (Wildman–Crippen LogP) is 4.21. The highest BCUT2D eigenvalue weighted by molar-refractivity contribution is 6.31. The summed E-state index contributed by atoms with van der Waals surface area (Å²) in [5.74, 6) is 2.06. The average Bonchev–Trinajstić information content (AvgIpc) is 2.66. The van der Waals surface area contributed by atoms with Gasteiger partial charge in [-0.25, -0.2) is 9.97 Å². The lowest BCUT2D eigenvalue weighted by molar-refractivity contribution is 0.0923. The molecule has 1 saturated carbocycles. The number of nitrogens with zero attached hydrogens (tertiary/aromatic N) is 3. The van der Waals surface area contributed by atoms with Gasteiger partial charge in [0, 0.05) is 38.6 Å². The molecule has 0 bridgehead atoms. The minimum atomic E-state index is -0.107. The van der Waals surface area contributed by atoms with Crippen LogP contribution in [0.2, 0.25) is 5.02 Å². The van der Waals surface area contributed by atoms with Gasteiger partial charge in [0.15, 0.2) is 0 Å². The predicted molar refractivity (Wildman–Crippen MR) is 119 cm³/mol. The summed E-state index contributed by atoms with van der Waals surface area (Å²) in [5.41, 5.74) is 2.78. The van der Waals surface area contributed by atoms with Gasteiger partial charge in [-0.3, -0.25) is 4.79 Å². The molecule has 2 heterocycles. The van der Waals surface area contributed by atoms with Crippen LogP contribution in [-0.2, 0) is 0 Å². The zero-order valence-electron chi connectivity index (χ0n) is 17.6. The molecule has 0 aromatic carbocycles. The Bertz CT molecular complexity index is 842. The van der Waals surface area contributed by atoms with Gasteiger partial charge in [-0.1, -0.05) is 11.6 Å². The SMILES string of the molecule is Cc1cc(C)nc(NCC2CCC(NC(=O)c3cc(Cl)cnc3N(C)C)CC2)c1. The van der Waals surface area contributed by atoms with Crippen molar-refractivity contribution in [3.63, 3.8) is 0 Å². The van der Waals surface area contributed by atoms with Gasteiger partial charge < -0.3 is 15.5 Å². The van der Waals surface area contributed by atoms with E-state index in [1.54, 1.807) is 12.3 Å². The molecule has 1 amide bonds. The second-order valence-corrected chi connectivity index (χ2v) is 8.60. The van der Waals surface area contributed by atoms with E-state index in [0.29, 0.717) is 22.3 Å². The fraction of sp³-hybridized carbons (Fsp3) is 0.500. The van der Waals surface area contributed by atoms with Gasteiger partial charge >= 0.3 is 0 Å². The van der Waals surface area contributed by atoms with E-state index in [1.807, 2.05) is 25.9 Å². The summed E-state index contributed by atoms with van der Waals surface area (Å²) in [6, 6.07) is 6.04. The Morgan fingerprint density at radius 1 is 1.17 bits per heavy atom. The van der Waals surface area contributed by atoms with Crippen molar-refractivity contribution < 1.29 is 4.79 Å². The molecule has 3 rings (SSSR count). The monoisotopic (exact) mass is 415 g/mol. The molecule has 7 heteroatoms. The first-order chi connectivity index (χ1) is 13.8. The van der Waals surface area contributed by atoms with Crippen molar-refractivity contribution in [3.8, 4) is 0 Å². The van der Waals surface area contributed by atoms with Crippen LogP contribution in [0.4, 0.5) is 11.6 Å². The molecule has 2 aromatic heterocycles. The van der Waals surface area contributed by atoms with E-state index in [-0.39, 0.29) is 11.9 Å². The molecule has 0 atom stereocenters. The van der Waals surface area contributed by atoms with Crippen LogP contribution in [-0.4, -0.2) is 42.6 Å². The Kier molecular flexibility index (Phi) is 6.96. The molecule has 29 heavy (non-hydrogen) atoms. The lowest BCUT2D eigenvalue weighted by atomic mass is 9.86. The molecule has 2 N–H and O–H groups in total. The summed E-state index contributed by atoms with van der Waals surface area (Å²) in [6.45, 7) is 5.02. The number of hydrogen-bond donors (Lipinski definition) is 2. The van der Waals surface area contributed by atoms with Crippen molar-refractivity contribution in [1.29, 1.82) is 0 Å². The zero-order valence-corrected chi connectivity index (χ0v) is 18.4. The smallest absolute Gasteiger partial charge is 0.255 e.